The largest absolute Gasteiger partial charge is 0.464 e. The summed E-state index contributed by atoms with van der Waals surface area (Å²) in [6.07, 6.45) is 1.03. The van der Waals surface area contributed by atoms with Crippen LogP contribution in [0.1, 0.15) is 29.5 Å². The maximum absolute atomic E-state index is 10.1. The third-order valence-electron chi connectivity index (χ3n) is 3.42. The standard InChI is InChI=1S/C15H17NO2/c1-10-6-7-15(18-10)14-9-12(17)8-11-4-2-3-5-13(11)16-14/h2-7,12,14,16-17H,8-9H2,1H3/t12-,14+/m1/s1. The molecule has 2 aromatic rings. The van der Waals surface area contributed by atoms with Crippen molar-refractivity contribution in [3.63, 3.8) is 0 Å². The van der Waals surface area contributed by atoms with Gasteiger partial charge in [-0.15, -0.1) is 0 Å². The maximum atomic E-state index is 10.1. The van der Waals surface area contributed by atoms with E-state index in [1.165, 1.54) is 0 Å². The highest BCUT2D eigenvalue weighted by molar-refractivity contribution is 5.53. The number of furan rings is 1. The minimum absolute atomic E-state index is 0.0392. The zero-order valence-electron chi connectivity index (χ0n) is 10.4. The minimum Gasteiger partial charge on any atom is -0.464 e. The molecule has 1 aliphatic rings. The van der Waals surface area contributed by atoms with E-state index in [1.54, 1.807) is 0 Å². The zero-order chi connectivity index (χ0) is 12.5. The third kappa shape index (κ3) is 2.14. The van der Waals surface area contributed by atoms with E-state index in [1.807, 2.05) is 31.2 Å². The lowest BCUT2D eigenvalue weighted by Crippen LogP contribution is -2.15. The van der Waals surface area contributed by atoms with Gasteiger partial charge in [0.2, 0.25) is 0 Å². The summed E-state index contributed by atoms with van der Waals surface area (Å²) >= 11 is 0. The Morgan fingerprint density at radius 3 is 2.83 bits per heavy atom. The van der Waals surface area contributed by atoms with Crippen molar-refractivity contribution < 1.29 is 9.52 Å². The van der Waals surface area contributed by atoms with Crippen molar-refractivity contribution in [3.8, 4) is 0 Å². The molecule has 0 fully saturated rings. The number of hydrogen-bond acceptors (Lipinski definition) is 3. The summed E-state index contributed by atoms with van der Waals surface area (Å²) in [5, 5.41) is 13.6. The molecule has 0 saturated carbocycles. The summed E-state index contributed by atoms with van der Waals surface area (Å²) in [6, 6.07) is 12.1. The van der Waals surface area contributed by atoms with Gasteiger partial charge in [0.25, 0.3) is 0 Å². The van der Waals surface area contributed by atoms with Gasteiger partial charge in [0.15, 0.2) is 0 Å². The quantitative estimate of drug-likeness (QED) is 0.809. The Bertz CT molecular complexity index is 547. The first kappa shape index (κ1) is 11.4. The van der Waals surface area contributed by atoms with Crippen LogP contribution in [-0.4, -0.2) is 11.2 Å². The van der Waals surface area contributed by atoms with Gasteiger partial charge < -0.3 is 14.8 Å². The van der Waals surface area contributed by atoms with Crippen LogP contribution in [0.4, 0.5) is 5.69 Å². The molecule has 1 aromatic carbocycles. The molecule has 0 unspecified atom stereocenters. The van der Waals surface area contributed by atoms with Crippen LogP contribution in [0.5, 0.6) is 0 Å². The van der Waals surface area contributed by atoms with Crippen molar-refractivity contribution in [3.05, 3.63) is 53.5 Å². The van der Waals surface area contributed by atoms with Crippen LogP contribution in [-0.2, 0) is 6.42 Å². The van der Waals surface area contributed by atoms with E-state index in [4.69, 9.17) is 4.42 Å². The van der Waals surface area contributed by atoms with Gasteiger partial charge in [0, 0.05) is 18.5 Å². The lowest BCUT2D eigenvalue weighted by molar-refractivity contribution is 0.157. The van der Waals surface area contributed by atoms with Crippen LogP contribution in [0.3, 0.4) is 0 Å². The molecule has 0 bridgehead atoms. The van der Waals surface area contributed by atoms with Gasteiger partial charge in [0.05, 0.1) is 12.1 Å². The topological polar surface area (TPSA) is 45.4 Å². The fourth-order valence-electron chi connectivity index (χ4n) is 2.52. The predicted molar refractivity (Wildman–Crippen MR) is 70.6 cm³/mol. The molecular weight excluding hydrogens is 226 g/mol. The van der Waals surface area contributed by atoms with Gasteiger partial charge in [-0.1, -0.05) is 18.2 Å². The maximum Gasteiger partial charge on any atom is 0.126 e. The zero-order valence-corrected chi connectivity index (χ0v) is 10.4. The Labute approximate surface area is 106 Å². The predicted octanol–water partition coefficient (Wildman–Crippen LogP) is 3.05. The van der Waals surface area contributed by atoms with Gasteiger partial charge in [0.1, 0.15) is 11.5 Å². The van der Waals surface area contributed by atoms with E-state index in [9.17, 15) is 5.11 Å². The summed E-state index contributed by atoms with van der Waals surface area (Å²) in [4.78, 5) is 0. The highest BCUT2D eigenvalue weighted by Gasteiger charge is 2.24. The average Bonchev–Trinajstić information content (AvgIpc) is 2.70. The average molecular weight is 243 g/mol. The Balaban J connectivity index is 1.94. The van der Waals surface area contributed by atoms with E-state index >= 15 is 0 Å². The second-order valence-electron chi connectivity index (χ2n) is 4.90. The fraction of sp³-hybridized carbons (Fsp3) is 0.333. The van der Waals surface area contributed by atoms with Crippen LogP contribution in [0, 0.1) is 6.92 Å². The molecule has 0 radical (unpaired) electrons. The normalized spacial score (nSPS) is 23.0. The van der Waals surface area contributed by atoms with Gasteiger partial charge in [-0.25, -0.2) is 0 Å². The number of para-hydroxylation sites is 1. The highest BCUT2D eigenvalue weighted by atomic mass is 16.3. The first-order valence-electron chi connectivity index (χ1n) is 6.31. The molecule has 2 atom stereocenters. The molecule has 0 aliphatic carbocycles. The minimum atomic E-state index is -0.337. The van der Waals surface area contributed by atoms with Crippen LogP contribution in [0.15, 0.2) is 40.8 Å². The number of aliphatic hydroxyl groups is 1. The van der Waals surface area contributed by atoms with E-state index in [2.05, 4.69) is 17.4 Å². The van der Waals surface area contributed by atoms with Crippen LogP contribution < -0.4 is 5.32 Å². The number of benzene rings is 1. The first-order chi connectivity index (χ1) is 8.72. The number of rotatable bonds is 1. The molecule has 18 heavy (non-hydrogen) atoms. The van der Waals surface area contributed by atoms with E-state index in [0.29, 0.717) is 12.8 Å². The number of aryl methyl sites for hydroxylation is 1. The van der Waals surface area contributed by atoms with Gasteiger partial charge in [-0.05, 0) is 30.7 Å². The molecule has 1 aliphatic heterocycles. The molecule has 0 spiro atoms. The summed E-state index contributed by atoms with van der Waals surface area (Å²) < 4.78 is 5.67. The van der Waals surface area contributed by atoms with E-state index in [0.717, 1.165) is 22.8 Å². The van der Waals surface area contributed by atoms with Gasteiger partial charge >= 0.3 is 0 Å². The van der Waals surface area contributed by atoms with Crippen LogP contribution >= 0.6 is 0 Å². The third-order valence-corrected chi connectivity index (χ3v) is 3.42. The molecule has 94 valence electrons. The molecule has 0 amide bonds. The van der Waals surface area contributed by atoms with Crippen LogP contribution in [0.25, 0.3) is 0 Å². The number of hydrogen-bond donors (Lipinski definition) is 2. The van der Waals surface area contributed by atoms with Crippen molar-refractivity contribution in [2.75, 3.05) is 5.32 Å². The summed E-state index contributed by atoms with van der Waals surface area (Å²) in [5.74, 6) is 1.79. The van der Waals surface area contributed by atoms with E-state index in [-0.39, 0.29) is 12.1 Å². The molecule has 3 rings (SSSR count). The van der Waals surface area contributed by atoms with Crippen molar-refractivity contribution in [1.29, 1.82) is 0 Å². The monoisotopic (exact) mass is 243 g/mol. The van der Waals surface area contributed by atoms with E-state index < -0.39 is 0 Å². The van der Waals surface area contributed by atoms with Crippen LogP contribution in [0.2, 0.25) is 0 Å². The SMILES string of the molecule is Cc1ccc([C@@H]2C[C@H](O)Cc3ccccc3N2)o1. The Morgan fingerprint density at radius 2 is 2.06 bits per heavy atom. The second kappa shape index (κ2) is 4.50. The highest BCUT2D eigenvalue weighted by Crippen LogP contribution is 2.32. The number of fused-ring (bicyclic) bond motifs is 1. The van der Waals surface area contributed by atoms with Gasteiger partial charge in [-0.2, -0.15) is 0 Å². The summed E-state index contributed by atoms with van der Waals surface area (Å²) in [7, 11) is 0. The molecular formula is C15H17NO2. The fourth-order valence-corrected chi connectivity index (χ4v) is 2.52. The molecule has 3 heteroatoms. The number of nitrogens with one attached hydrogen (secondary N) is 1. The number of anilines is 1. The first-order valence-corrected chi connectivity index (χ1v) is 6.31. The summed E-state index contributed by atoms with van der Waals surface area (Å²) in [6.45, 7) is 1.94. The smallest absolute Gasteiger partial charge is 0.126 e. The van der Waals surface area contributed by atoms with Crippen molar-refractivity contribution in [2.24, 2.45) is 0 Å². The molecule has 3 nitrogen and oxygen atoms in total. The molecule has 1 aromatic heterocycles. The number of aliphatic hydroxyl groups excluding tert-OH is 1. The Kier molecular flexibility index (Phi) is 2.84. The van der Waals surface area contributed by atoms with Crippen molar-refractivity contribution in [1.82, 2.24) is 0 Å². The van der Waals surface area contributed by atoms with Crippen molar-refractivity contribution >= 4 is 5.69 Å². The molecule has 2 heterocycles. The molecule has 0 saturated heterocycles. The Morgan fingerprint density at radius 1 is 1.22 bits per heavy atom. The second-order valence-corrected chi connectivity index (χ2v) is 4.90. The lowest BCUT2D eigenvalue weighted by Gasteiger charge is -2.16. The lowest BCUT2D eigenvalue weighted by atomic mass is 10.0. The summed E-state index contributed by atoms with van der Waals surface area (Å²) in [5.41, 5.74) is 2.25. The van der Waals surface area contributed by atoms with Crippen molar-refractivity contribution in [2.45, 2.75) is 31.9 Å². The van der Waals surface area contributed by atoms with Gasteiger partial charge in [-0.3, -0.25) is 0 Å². The molecule has 2 N–H and O–H groups in total. The Hall–Kier alpha value is -1.74.